The largest absolute Gasteiger partial charge is 0.497 e. The molecule has 0 aromatic heterocycles. The molecule has 1 atom stereocenters. The first-order valence-corrected chi connectivity index (χ1v) is 14.9. The van der Waals surface area contributed by atoms with Gasteiger partial charge in [-0.05, 0) is 43.2 Å². The van der Waals surface area contributed by atoms with Gasteiger partial charge in [-0.25, -0.2) is 0 Å². The van der Waals surface area contributed by atoms with Gasteiger partial charge in [-0.3, -0.25) is 0 Å². The smallest absolute Gasteiger partial charge is 0.118 e. The molecule has 0 saturated heterocycles. The number of hydrogen-bond acceptors (Lipinski definition) is 4. The third-order valence-electron chi connectivity index (χ3n) is 7.55. The highest BCUT2D eigenvalue weighted by molar-refractivity contribution is 5.76. The second-order valence-corrected chi connectivity index (χ2v) is 10.6. The van der Waals surface area contributed by atoms with Crippen molar-refractivity contribution in [1.29, 1.82) is 0 Å². The first kappa shape index (κ1) is 31.0. The SMILES string of the molecule is C=C/C(=C\C=C(/C)C(O)CN1CN(CCCCCCCCCCCCCCCC)c2ccccc21)OC. The van der Waals surface area contributed by atoms with E-state index in [1.807, 2.05) is 19.1 Å². The summed E-state index contributed by atoms with van der Waals surface area (Å²) in [5, 5.41) is 10.8. The minimum absolute atomic E-state index is 0.534. The van der Waals surface area contributed by atoms with Crippen molar-refractivity contribution in [3.63, 3.8) is 0 Å². The summed E-state index contributed by atoms with van der Waals surface area (Å²) in [5.74, 6) is 0.692. The van der Waals surface area contributed by atoms with Gasteiger partial charge in [-0.2, -0.15) is 0 Å². The number of nitrogens with zero attached hydrogens (tertiary/aromatic N) is 2. The Morgan fingerprint density at radius 3 is 1.89 bits per heavy atom. The van der Waals surface area contributed by atoms with Gasteiger partial charge in [-0.1, -0.05) is 115 Å². The monoisotopic (exact) mass is 510 g/mol. The molecule has 0 radical (unpaired) electrons. The number of β-amino-alcohol motifs (C(OH)–C–C–N with tert-alkyl or cyclic N) is 1. The van der Waals surface area contributed by atoms with E-state index in [2.05, 4.69) is 47.6 Å². The Balaban J connectivity index is 1.65. The molecule has 1 aromatic carbocycles. The van der Waals surface area contributed by atoms with E-state index in [-0.39, 0.29) is 0 Å². The number of para-hydroxylation sites is 2. The fraction of sp³-hybridized carbons (Fsp3) is 0.636. The van der Waals surface area contributed by atoms with Crippen molar-refractivity contribution in [1.82, 2.24) is 0 Å². The zero-order valence-electron chi connectivity index (χ0n) is 24.1. The summed E-state index contributed by atoms with van der Waals surface area (Å²) in [7, 11) is 1.63. The number of benzene rings is 1. The number of aliphatic hydroxyl groups is 1. The number of rotatable bonds is 21. The Kier molecular flexibility index (Phi) is 15.9. The van der Waals surface area contributed by atoms with E-state index in [0.29, 0.717) is 12.3 Å². The Morgan fingerprint density at radius 1 is 0.865 bits per heavy atom. The number of methoxy groups -OCH3 is 1. The van der Waals surface area contributed by atoms with Crippen molar-refractivity contribution in [2.45, 2.75) is 110 Å². The number of fused-ring (bicyclic) bond motifs is 1. The minimum Gasteiger partial charge on any atom is -0.497 e. The third-order valence-corrected chi connectivity index (χ3v) is 7.55. The molecular formula is C33H54N2O2. The van der Waals surface area contributed by atoms with Crippen LogP contribution in [0.1, 0.15) is 104 Å². The Labute approximate surface area is 228 Å². The van der Waals surface area contributed by atoms with Gasteiger partial charge >= 0.3 is 0 Å². The molecule has 0 amide bonds. The average molecular weight is 511 g/mol. The number of ether oxygens (including phenoxy) is 1. The molecule has 1 aromatic rings. The van der Waals surface area contributed by atoms with E-state index < -0.39 is 6.10 Å². The van der Waals surface area contributed by atoms with E-state index >= 15 is 0 Å². The summed E-state index contributed by atoms with van der Waals surface area (Å²) in [6.07, 6.45) is 24.3. The number of hydrogen-bond donors (Lipinski definition) is 1. The van der Waals surface area contributed by atoms with E-state index in [9.17, 15) is 5.11 Å². The maximum Gasteiger partial charge on any atom is 0.118 e. The molecule has 0 fully saturated rings. The normalized spacial score (nSPS) is 14.7. The molecule has 2 rings (SSSR count). The van der Waals surface area contributed by atoms with E-state index in [4.69, 9.17) is 4.74 Å². The van der Waals surface area contributed by atoms with E-state index in [1.54, 1.807) is 13.2 Å². The molecular weight excluding hydrogens is 456 g/mol. The number of allylic oxidation sites excluding steroid dienone is 3. The third kappa shape index (κ3) is 11.8. The molecule has 1 N–H and O–H groups in total. The summed E-state index contributed by atoms with van der Waals surface area (Å²) in [6.45, 7) is 10.5. The van der Waals surface area contributed by atoms with E-state index in [0.717, 1.165) is 18.8 Å². The topological polar surface area (TPSA) is 35.9 Å². The predicted octanol–water partition coefficient (Wildman–Crippen LogP) is 8.78. The van der Waals surface area contributed by atoms with Crippen LogP contribution in [0, 0.1) is 0 Å². The van der Waals surface area contributed by atoms with Crippen molar-refractivity contribution < 1.29 is 9.84 Å². The highest BCUT2D eigenvalue weighted by Crippen LogP contribution is 2.36. The van der Waals surface area contributed by atoms with Gasteiger partial charge in [0.15, 0.2) is 0 Å². The van der Waals surface area contributed by atoms with Crippen molar-refractivity contribution >= 4 is 11.4 Å². The van der Waals surface area contributed by atoms with Gasteiger partial charge in [-0.15, -0.1) is 0 Å². The molecule has 1 aliphatic rings. The fourth-order valence-corrected chi connectivity index (χ4v) is 5.10. The molecule has 0 saturated carbocycles. The van der Waals surface area contributed by atoms with Crippen LogP contribution >= 0.6 is 0 Å². The van der Waals surface area contributed by atoms with Crippen LogP contribution in [0.25, 0.3) is 0 Å². The number of unbranched alkanes of at least 4 members (excludes halogenated alkanes) is 13. The first-order chi connectivity index (χ1) is 18.1. The molecule has 1 unspecified atom stereocenters. The van der Waals surface area contributed by atoms with Gasteiger partial charge in [0.05, 0.1) is 31.3 Å². The van der Waals surface area contributed by atoms with Crippen LogP contribution in [0.5, 0.6) is 0 Å². The van der Waals surface area contributed by atoms with Crippen LogP contribution in [0.4, 0.5) is 11.4 Å². The van der Waals surface area contributed by atoms with Crippen LogP contribution in [0.3, 0.4) is 0 Å². The van der Waals surface area contributed by atoms with Crippen LogP contribution in [0.15, 0.2) is 60.4 Å². The summed E-state index contributed by atoms with van der Waals surface area (Å²) in [6, 6.07) is 8.60. The van der Waals surface area contributed by atoms with Crippen LogP contribution in [0.2, 0.25) is 0 Å². The molecule has 208 valence electrons. The molecule has 1 heterocycles. The number of anilines is 2. The zero-order valence-corrected chi connectivity index (χ0v) is 24.1. The molecule has 4 nitrogen and oxygen atoms in total. The van der Waals surface area contributed by atoms with Gasteiger partial charge < -0.3 is 19.6 Å². The first-order valence-electron chi connectivity index (χ1n) is 14.9. The summed E-state index contributed by atoms with van der Waals surface area (Å²) < 4.78 is 5.23. The van der Waals surface area contributed by atoms with Crippen molar-refractivity contribution in [3.05, 3.63) is 60.4 Å². The van der Waals surface area contributed by atoms with Crippen LogP contribution in [-0.4, -0.2) is 38.1 Å². The van der Waals surface area contributed by atoms with Crippen molar-refractivity contribution in [3.8, 4) is 0 Å². The van der Waals surface area contributed by atoms with E-state index in [1.165, 1.54) is 101 Å². The molecule has 0 aliphatic carbocycles. The lowest BCUT2D eigenvalue weighted by molar-refractivity contribution is 0.216. The van der Waals surface area contributed by atoms with Gasteiger partial charge in [0.1, 0.15) is 5.76 Å². The van der Waals surface area contributed by atoms with Gasteiger partial charge in [0.25, 0.3) is 0 Å². The van der Waals surface area contributed by atoms with Crippen LogP contribution < -0.4 is 9.80 Å². The zero-order chi connectivity index (χ0) is 26.7. The lowest BCUT2D eigenvalue weighted by Gasteiger charge is -2.24. The lowest BCUT2D eigenvalue weighted by atomic mass is 10.0. The highest BCUT2D eigenvalue weighted by atomic mass is 16.5. The second kappa shape index (κ2) is 19.0. The summed E-state index contributed by atoms with van der Waals surface area (Å²) in [4.78, 5) is 4.78. The lowest BCUT2D eigenvalue weighted by Crippen LogP contribution is -2.37. The maximum atomic E-state index is 10.8. The number of aliphatic hydroxyl groups excluding tert-OH is 1. The molecule has 0 bridgehead atoms. The molecule has 4 heteroatoms. The predicted molar refractivity (Wildman–Crippen MR) is 161 cm³/mol. The minimum atomic E-state index is -0.534. The summed E-state index contributed by atoms with van der Waals surface area (Å²) in [5.41, 5.74) is 3.43. The summed E-state index contributed by atoms with van der Waals surface area (Å²) >= 11 is 0. The highest BCUT2D eigenvalue weighted by Gasteiger charge is 2.26. The maximum absolute atomic E-state index is 10.8. The Bertz CT molecular complexity index is 816. The van der Waals surface area contributed by atoms with Crippen molar-refractivity contribution in [2.75, 3.05) is 36.7 Å². The van der Waals surface area contributed by atoms with Crippen molar-refractivity contribution in [2.24, 2.45) is 0 Å². The second-order valence-electron chi connectivity index (χ2n) is 10.6. The van der Waals surface area contributed by atoms with Crippen LogP contribution in [-0.2, 0) is 4.74 Å². The quantitative estimate of drug-likeness (QED) is 0.102. The fourth-order valence-electron chi connectivity index (χ4n) is 5.10. The molecule has 0 spiro atoms. The Morgan fingerprint density at radius 2 is 1.38 bits per heavy atom. The average Bonchev–Trinajstić information content (AvgIpc) is 3.26. The Hall–Kier alpha value is -2.20. The standard InChI is InChI=1S/C33H54N2O2/c1-5-7-8-9-10-11-12-13-14-15-16-17-18-21-26-34-28-35(32-23-20-19-22-31(32)34)27-33(36)29(3)24-25-30(6-2)37-4/h6,19-20,22-25,33,36H,2,5,7-18,21,26-28H2,1,3-4H3/b29-24+,30-25+. The molecule has 37 heavy (non-hydrogen) atoms. The van der Waals surface area contributed by atoms with Gasteiger partial charge in [0, 0.05) is 13.1 Å². The molecule has 1 aliphatic heterocycles. The van der Waals surface area contributed by atoms with Gasteiger partial charge in [0.2, 0.25) is 0 Å².